The number of nitrogens with two attached hydrogens (primary N) is 1. The van der Waals surface area contributed by atoms with Crippen molar-refractivity contribution in [1.29, 1.82) is 0 Å². The first kappa shape index (κ1) is 13.3. The van der Waals surface area contributed by atoms with E-state index in [0.717, 1.165) is 22.5 Å². The summed E-state index contributed by atoms with van der Waals surface area (Å²) < 4.78 is 0. The molecular weight excluding hydrogens is 246 g/mol. The van der Waals surface area contributed by atoms with Crippen LogP contribution in [0.2, 0.25) is 0 Å². The Labute approximate surface area is 112 Å². The highest BCUT2D eigenvalue weighted by atomic mass is 32.1. The summed E-state index contributed by atoms with van der Waals surface area (Å²) in [6, 6.07) is 0. The highest BCUT2D eigenvalue weighted by Gasteiger charge is 2.16. The van der Waals surface area contributed by atoms with E-state index in [2.05, 4.69) is 34.4 Å². The second kappa shape index (κ2) is 6.13. The van der Waals surface area contributed by atoms with Crippen LogP contribution in [0.3, 0.4) is 0 Å². The molecule has 2 rings (SSSR count). The summed E-state index contributed by atoms with van der Waals surface area (Å²) in [6.07, 6.45) is 3.98. The van der Waals surface area contributed by atoms with Crippen LogP contribution in [0.1, 0.15) is 49.0 Å². The maximum Gasteiger partial charge on any atom is 0.189 e. The lowest BCUT2D eigenvalue weighted by Gasteiger charge is -2.25. The molecule has 0 spiro atoms. The standard InChI is InChI=1S/C12H21N5S/c1-8(2)11-17-16-10(18-11)7-15-12(13)14-6-9-4-3-5-9/h8-9H,3-7H2,1-2H3,(H3,13,14,15). The monoisotopic (exact) mass is 267 g/mol. The summed E-state index contributed by atoms with van der Waals surface area (Å²) in [5.41, 5.74) is 5.81. The highest BCUT2D eigenvalue weighted by Crippen LogP contribution is 2.25. The molecule has 0 aliphatic heterocycles. The van der Waals surface area contributed by atoms with Gasteiger partial charge in [-0.25, -0.2) is 4.99 Å². The summed E-state index contributed by atoms with van der Waals surface area (Å²) in [5, 5.41) is 13.4. The van der Waals surface area contributed by atoms with Gasteiger partial charge in [-0.15, -0.1) is 10.2 Å². The second-order valence-corrected chi connectivity index (χ2v) is 6.16. The predicted octanol–water partition coefficient (Wildman–Crippen LogP) is 1.87. The molecular formula is C12H21N5S. The molecule has 1 aliphatic rings. The van der Waals surface area contributed by atoms with Crippen molar-refractivity contribution in [3.63, 3.8) is 0 Å². The Balaban J connectivity index is 1.76. The van der Waals surface area contributed by atoms with E-state index in [-0.39, 0.29) is 0 Å². The molecule has 1 heterocycles. The van der Waals surface area contributed by atoms with Gasteiger partial charge in [0.2, 0.25) is 0 Å². The molecule has 0 atom stereocenters. The Hall–Kier alpha value is -1.17. The van der Waals surface area contributed by atoms with E-state index in [1.165, 1.54) is 19.3 Å². The van der Waals surface area contributed by atoms with Gasteiger partial charge in [-0.2, -0.15) is 0 Å². The van der Waals surface area contributed by atoms with E-state index in [1.807, 2.05) is 0 Å². The van der Waals surface area contributed by atoms with Gasteiger partial charge in [0.15, 0.2) is 5.96 Å². The van der Waals surface area contributed by atoms with Crippen LogP contribution in [0.15, 0.2) is 4.99 Å². The summed E-state index contributed by atoms with van der Waals surface area (Å²) in [7, 11) is 0. The predicted molar refractivity (Wildman–Crippen MR) is 74.7 cm³/mol. The van der Waals surface area contributed by atoms with Crippen LogP contribution in [0, 0.1) is 5.92 Å². The average molecular weight is 267 g/mol. The molecule has 0 amide bonds. The van der Waals surface area contributed by atoms with Gasteiger partial charge in [-0.05, 0) is 18.8 Å². The zero-order valence-electron chi connectivity index (χ0n) is 11.0. The Bertz CT molecular complexity index is 408. The average Bonchev–Trinajstić information content (AvgIpc) is 2.73. The third-order valence-corrected chi connectivity index (χ3v) is 4.37. The molecule has 1 aromatic heterocycles. The highest BCUT2D eigenvalue weighted by molar-refractivity contribution is 7.11. The van der Waals surface area contributed by atoms with Gasteiger partial charge in [0, 0.05) is 12.5 Å². The van der Waals surface area contributed by atoms with Crippen molar-refractivity contribution >= 4 is 17.3 Å². The number of nitrogens with zero attached hydrogens (tertiary/aromatic N) is 3. The summed E-state index contributed by atoms with van der Waals surface area (Å²) in [5.74, 6) is 1.73. The number of aromatic nitrogens is 2. The third-order valence-electron chi connectivity index (χ3n) is 3.16. The van der Waals surface area contributed by atoms with Crippen LogP contribution in [-0.2, 0) is 6.54 Å². The van der Waals surface area contributed by atoms with Crippen molar-refractivity contribution in [2.24, 2.45) is 16.6 Å². The van der Waals surface area contributed by atoms with Crippen LogP contribution in [0.5, 0.6) is 0 Å². The number of rotatable bonds is 5. The molecule has 0 aromatic carbocycles. The lowest BCUT2D eigenvalue weighted by molar-refractivity contribution is 0.315. The van der Waals surface area contributed by atoms with E-state index in [4.69, 9.17) is 5.73 Å². The normalized spacial score (nSPS) is 16.9. The van der Waals surface area contributed by atoms with E-state index < -0.39 is 0 Å². The maximum atomic E-state index is 5.81. The number of nitrogens with one attached hydrogen (secondary N) is 1. The number of hydrogen-bond donors (Lipinski definition) is 2. The molecule has 0 unspecified atom stereocenters. The fraction of sp³-hybridized carbons (Fsp3) is 0.750. The maximum absolute atomic E-state index is 5.81. The largest absolute Gasteiger partial charge is 0.370 e. The van der Waals surface area contributed by atoms with Gasteiger partial charge >= 0.3 is 0 Å². The number of guanidine groups is 1. The smallest absolute Gasteiger partial charge is 0.189 e. The quantitative estimate of drug-likeness (QED) is 0.630. The molecule has 1 fully saturated rings. The van der Waals surface area contributed by atoms with E-state index in [0.29, 0.717) is 18.4 Å². The minimum absolute atomic E-state index is 0.425. The van der Waals surface area contributed by atoms with Crippen molar-refractivity contribution in [2.75, 3.05) is 6.54 Å². The molecule has 1 aliphatic carbocycles. The molecule has 1 aromatic rings. The van der Waals surface area contributed by atoms with Crippen LogP contribution >= 0.6 is 11.3 Å². The van der Waals surface area contributed by atoms with Crippen LogP contribution in [0.4, 0.5) is 0 Å². The van der Waals surface area contributed by atoms with Crippen molar-refractivity contribution in [3.05, 3.63) is 10.0 Å². The van der Waals surface area contributed by atoms with Gasteiger partial charge in [0.25, 0.3) is 0 Å². The van der Waals surface area contributed by atoms with Gasteiger partial charge in [0.1, 0.15) is 10.0 Å². The van der Waals surface area contributed by atoms with E-state index >= 15 is 0 Å². The Morgan fingerprint density at radius 3 is 2.83 bits per heavy atom. The summed E-state index contributed by atoms with van der Waals surface area (Å²) in [6.45, 7) is 5.70. The molecule has 100 valence electrons. The lowest BCUT2D eigenvalue weighted by Crippen LogP contribution is -2.37. The first-order valence-corrected chi connectivity index (χ1v) is 7.33. The van der Waals surface area contributed by atoms with E-state index in [1.54, 1.807) is 11.3 Å². The van der Waals surface area contributed by atoms with Crippen molar-refractivity contribution in [3.8, 4) is 0 Å². The lowest BCUT2D eigenvalue weighted by atomic mass is 9.85. The van der Waals surface area contributed by atoms with Crippen LogP contribution in [0.25, 0.3) is 0 Å². The SMILES string of the molecule is CC(C)c1nnc(CN=C(N)NCC2CCC2)s1. The fourth-order valence-corrected chi connectivity index (χ4v) is 2.49. The van der Waals surface area contributed by atoms with Gasteiger partial charge < -0.3 is 11.1 Å². The van der Waals surface area contributed by atoms with Crippen LogP contribution in [-0.4, -0.2) is 22.7 Å². The second-order valence-electron chi connectivity index (χ2n) is 5.07. The van der Waals surface area contributed by atoms with Crippen molar-refractivity contribution < 1.29 is 0 Å². The molecule has 3 N–H and O–H groups in total. The van der Waals surface area contributed by atoms with Gasteiger partial charge in [-0.3, -0.25) is 0 Å². The number of aliphatic imine (C=N–C) groups is 1. The molecule has 6 heteroatoms. The van der Waals surface area contributed by atoms with E-state index in [9.17, 15) is 0 Å². The Morgan fingerprint density at radius 2 is 2.28 bits per heavy atom. The zero-order valence-corrected chi connectivity index (χ0v) is 11.8. The Kier molecular flexibility index (Phi) is 4.52. The van der Waals surface area contributed by atoms with Crippen molar-refractivity contribution in [1.82, 2.24) is 15.5 Å². The molecule has 18 heavy (non-hydrogen) atoms. The first-order chi connectivity index (χ1) is 8.65. The third kappa shape index (κ3) is 3.66. The van der Waals surface area contributed by atoms with Gasteiger partial charge in [-0.1, -0.05) is 31.6 Å². The topological polar surface area (TPSA) is 76.2 Å². The zero-order chi connectivity index (χ0) is 13.0. The van der Waals surface area contributed by atoms with Gasteiger partial charge in [0.05, 0.1) is 6.54 Å². The molecule has 1 saturated carbocycles. The first-order valence-electron chi connectivity index (χ1n) is 6.51. The minimum atomic E-state index is 0.425. The number of hydrogen-bond acceptors (Lipinski definition) is 4. The Morgan fingerprint density at radius 1 is 1.50 bits per heavy atom. The van der Waals surface area contributed by atoms with Crippen LogP contribution < -0.4 is 11.1 Å². The van der Waals surface area contributed by atoms with Crippen molar-refractivity contribution in [2.45, 2.75) is 45.6 Å². The summed E-state index contributed by atoms with van der Waals surface area (Å²) >= 11 is 1.61. The molecule has 0 saturated heterocycles. The molecule has 0 bridgehead atoms. The molecule has 0 radical (unpaired) electrons. The summed E-state index contributed by atoms with van der Waals surface area (Å²) in [4.78, 5) is 4.29. The molecule has 5 nitrogen and oxygen atoms in total. The minimum Gasteiger partial charge on any atom is -0.370 e. The fourth-order valence-electron chi connectivity index (χ4n) is 1.72.